The summed E-state index contributed by atoms with van der Waals surface area (Å²) in [5.74, 6) is 0. The van der Waals surface area contributed by atoms with E-state index in [1.165, 1.54) is 16.5 Å². The van der Waals surface area contributed by atoms with Crippen LogP contribution >= 0.6 is 0 Å². The van der Waals surface area contributed by atoms with Gasteiger partial charge >= 0.3 is 0 Å². The van der Waals surface area contributed by atoms with E-state index in [2.05, 4.69) is 6.07 Å². The van der Waals surface area contributed by atoms with Gasteiger partial charge in [-0.2, -0.15) is 4.31 Å². The normalized spacial score (nSPS) is 19.2. The van der Waals surface area contributed by atoms with Crippen LogP contribution < -0.4 is 0 Å². The lowest BCUT2D eigenvalue weighted by molar-refractivity contribution is 0.347. The first-order chi connectivity index (χ1) is 10.2. The summed E-state index contributed by atoms with van der Waals surface area (Å²) in [6.07, 6.45) is 5.14. The summed E-state index contributed by atoms with van der Waals surface area (Å²) in [5.41, 5.74) is 2.58. The molecule has 0 bridgehead atoms. The molecule has 21 heavy (non-hydrogen) atoms. The molecule has 2 aliphatic rings. The molecule has 1 aliphatic heterocycles. The molecule has 110 valence electrons. The molecule has 2 aromatic rings. The maximum absolute atomic E-state index is 13.0. The minimum Gasteiger partial charge on any atom is -0.207 e. The molecule has 1 saturated heterocycles. The molecular weight excluding hydrogens is 282 g/mol. The maximum Gasteiger partial charge on any atom is 0.243 e. The number of hydrogen-bond donors (Lipinski definition) is 0. The van der Waals surface area contributed by atoms with Crippen LogP contribution in [-0.4, -0.2) is 25.8 Å². The highest BCUT2D eigenvalue weighted by Crippen LogP contribution is 2.35. The van der Waals surface area contributed by atoms with Gasteiger partial charge in [0.05, 0.1) is 4.90 Å². The predicted molar refractivity (Wildman–Crippen MR) is 84.0 cm³/mol. The van der Waals surface area contributed by atoms with Crippen LogP contribution in [0.2, 0.25) is 0 Å². The van der Waals surface area contributed by atoms with Crippen LogP contribution in [0.3, 0.4) is 0 Å². The Kier molecular flexibility index (Phi) is 3.05. The Hall–Kier alpha value is -1.39. The molecule has 2 aromatic carbocycles. The summed E-state index contributed by atoms with van der Waals surface area (Å²) in [7, 11) is -3.36. The van der Waals surface area contributed by atoms with Gasteiger partial charge in [0.25, 0.3) is 0 Å². The van der Waals surface area contributed by atoms with Crippen LogP contribution in [0.1, 0.15) is 30.4 Å². The number of benzene rings is 2. The summed E-state index contributed by atoms with van der Waals surface area (Å²) >= 11 is 0. The van der Waals surface area contributed by atoms with E-state index in [0.717, 1.165) is 37.5 Å². The smallest absolute Gasteiger partial charge is 0.207 e. The van der Waals surface area contributed by atoms with Crippen molar-refractivity contribution in [3.05, 3.63) is 41.5 Å². The molecule has 0 unspecified atom stereocenters. The van der Waals surface area contributed by atoms with Gasteiger partial charge in [-0.1, -0.05) is 30.7 Å². The molecule has 4 heteroatoms. The number of nitrogens with zero attached hydrogens (tertiary/aromatic N) is 1. The fraction of sp³-hybridized carbons (Fsp3) is 0.412. The highest BCUT2D eigenvalue weighted by molar-refractivity contribution is 7.89. The van der Waals surface area contributed by atoms with Gasteiger partial charge in [-0.15, -0.1) is 0 Å². The monoisotopic (exact) mass is 301 g/mol. The van der Waals surface area contributed by atoms with E-state index < -0.39 is 10.0 Å². The molecule has 1 fully saturated rings. The summed E-state index contributed by atoms with van der Waals surface area (Å²) in [6.45, 7) is 1.32. The van der Waals surface area contributed by atoms with Gasteiger partial charge in [0.1, 0.15) is 0 Å². The van der Waals surface area contributed by atoms with Gasteiger partial charge in [0.15, 0.2) is 0 Å². The second-order valence-corrected chi connectivity index (χ2v) is 7.93. The Morgan fingerprint density at radius 2 is 1.57 bits per heavy atom. The van der Waals surface area contributed by atoms with E-state index in [4.69, 9.17) is 0 Å². The molecule has 4 rings (SSSR count). The highest BCUT2D eigenvalue weighted by atomic mass is 32.2. The molecule has 3 nitrogen and oxygen atoms in total. The van der Waals surface area contributed by atoms with E-state index in [1.807, 2.05) is 24.3 Å². The van der Waals surface area contributed by atoms with Crippen molar-refractivity contribution in [1.29, 1.82) is 0 Å². The van der Waals surface area contributed by atoms with E-state index in [1.54, 1.807) is 4.31 Å². The molecule has 0 N–H and O–H groups in total. The van der Waals surface area contributed by atoms with Gasteiger partial charge < -0.3 is 0 Å². The molecule has 0 atom stereocenters. The number of sulfonamides is 1. The van der Waals surface area contributed by atoms with Gasteiger partial charge in [0.2, 0.25) is 10.0 Å². The first kappa shape index (κ1) is 13.3. The Balaban J connectivity index is 1.91. The molecule has 0 amide bonds. The fourth-order valence-electron chi connectivity index (χ4n) is 3.69. The third-order valence-electron chi connectivity index (χ3n) is 4.77. The van der Waals surface area contributed by atoms with Crippen molar-refractivity contribution in [3.63, 3.8) is 0 Å². The van der Waals surface area contributed by atoms with Crippen LogP contribution in [-0.2, 0) is 22.9 Å². The number of rotatable bonds is 2. The van der Waals surface area contributed by atoms with Crippen molar-refractivity contribution in [1.82, 2.24) is 4.31 Å². The number of aryl methyl sites for hydroxylation is 2. The van der Waals surface area contributed by atoms with Crippen molar-refractivity contribution in [2.75, 3.05) is 13.1 Å². The lowest BCUT2D eigenvalue weighted by Crippen LogP contribution is -2.35. The minimum absolute atomic E-state index is 0.493. The maximum atomic E-state index is 13.0. The molecule has 0 spiro atoms. The van der Waals surface area contributed by atoms with Gasteiger partial charge in [-0.05, 0) is 48.3 Å². The summed E-state index contributed by atoms with van der Waals surface area (Å²) < 4.78 is 27.6. The summed E-state index contributed by atoms with van der Waals surface area (Å²) in [6, 6.07) is 9.90. The van der Waals surface area contributed by atoms with Gasteiger partial charge in [0, 0.05) is 18.5 Å². The number of piperidine rings is 1. The Morgan fingerprint density at radius 1 is 0.857 bits per heavy atom. The molecular formula is C17H19NO2S. The topological polar surface area (TPSA) is 37.4 Å². The third-order valence-corrected chi connectivity index (χ3v) is 6.73. The summed E-state index contributed by atoms with van der Waals surface area (Å²) in [5, 5.41) is 2.09. The molecule has 0 saturated carbocycles. The van der Waals surface area contributed by atoms with E-state index in [9.17, 15) is 8.42 Å². The average Bonchev–Trinajstić information content (AvgIpc) is 2.94. The first-order valence-electron chi connectivity index (χ1n) is 7.71. The van der Waals surface area contributed by atoms with Crippen molar-refractivity contribution >= 4 is 20.8 Å². The Morgan fingerprint density at radius 3 is 2.33 bits per heavy atom. The molecule has 0 aromatic heterocycles. The van der Waals surface area contributed by atoms with Crippen LogP contribution in [0.25, 0.3) is 10.8 Å². The largest absolute Gasteiger partial charge is 0.243 e. The minimum atomic E-state index is -3.36. The highest BCUT2D eigenvalue weighted by Gasteiger charge is 2.29. The lowest BCUT2D eigenvalue weighted by Gasteiger charge is -2.26. The third kappa shape index (κ3) is 2.00. The zero-order valence-corrected chi connectivity index (χ0v) is 12.8. The Labute approximate surface area is 125 Å². The van der Waals surface area contributed by atoms with Crippen molar-refractivity contribution in [3.8, 4) is 0 Å². The summed E-state index contributed by atoms with van der Waals surface area (Å²) in [4.78, 5) is 0.493. The molecule has 1 heterocycles. The number of hydrogen-bond acceptors (Lipinski definition) is 2. The fourth-order valence-corrected chi connectivity index (χ4v) is 5.39. The van der Waals surface area contributed by atoms with Crippen LogP contribution in [0.4, 0.5) is 0 Å². The van der Waals surface area contributed by atoms with Gasteiger partial charge in [-0.3, -0.25) is 0 Å². The zero-order chi connectivity index (χ0) is 14.4. The predicted octanol–water partition coefficient (Wildman–Crippen LogP) is 3.11. The Bertz CT molecular complexity index is 795. The average molecular weight is 301 g/mol. The lowest BCUT2D eigenvalue weighted by atomic mass is 10.1. The van der Waals surface area contributed by atoms with Crippen molar-refractivity contribution in [2.24, 2.45) is 0 Å². The SMILES string of the molecule is O=S(=O)(c1ccc2c3c(cccc13)CC2)N1CCCCC1. The van der Waals surface area contributed by atoms with Crippen LogP contribution in [0, 0.1) is 0 Å². The first-order valence-corrected chi connectivity index (χ1v) is 9.15. The van der Waals surface area contributed by atoms with Crippen molar-refractivity contribution in [2.45, 2.75) is 37.0 Å². The van der Waals surface area contributed by atoms with Crippen LogP contribution in [0.5, 0.6) is 0 Å². The van der Waals surface area contributed by atoms with E-state index >= 15 is 0 Å². The van der Waals surface area contributed by atoms with Crippen molar-refractivity contribution < 1.29 is 8.42 Å². The van der Waals surface area contributed by atoms with E-state index in [0.29, 0.717) is 18.0 Å². The second-order valence-electron chi connectivity index (χ2n) is 6.03. The van der Waals surface area contributed by atoms with E-state index in [-0.39, 0.29) is 0 Å². The second kappa shape index (κ2) is 4.82. The molecule has 0 radical (unpaired) electrons. The van der Waals surface area contributed by atoms with Crippen LogP contribution in [0.15, 0.2) is 35.2 Å². The van der Waals surface area contributed by atoms with Gasteiger partial charge in [-0.25, -0.2) is 8.42 Å². The standard InChI is InChI=1S/C17H19NO2S/c19-21(20,18-11-2-1-3-12-18)16-10-9-14-8-7-13-5-4-6-15(16)17(13)14/h4-6,9-10H,1-3,7-8,11-12H2. The zero-order valence-electron chi connectivity index (χ0n) is 12.0. The molecule has 1 aliphatic carbocycles. The quantitative estimate of drug-likeness (QED) is 0.854.